The van der Waals surface area contributed by atoms with Gasteiger partial charge in [0.2, 0.25) is 0 Å². The third-order valence-electron chi connectivity index (χ3n) is 4.30. The number of halogens is 1. The SMILES string of the molecule is COCCN(C)C(=O)c1sc2ncnc(NCc3ccccc3F)c2c1C. The van der Waals surface area contributed by atoms with Crippen LogP contribution in [0, 0.1) is 12.7 Å². The fourth-order valence-corrected chi connectivity index (χ4v) is 3.88. The van der Waals surface area contributed by atoms with E-state index in [0.717, 1.165) is 15.8 Å². The highest BCUT2D eigenvalue weighted by Gasteiger charge is 2.21. The zero-order valence-electron chi connectivity index (χ0n) is 15.5. The molecule has 6 nitrogen and oxygen atoms in total. The average Bonchev–Trinajstić information content (AvgIpc) is 3.02. The minimum atomic E-state index is -0.270. The number of carbonyl (C=O) groups excluding carboxylic acids is 1. The summed E-state index contributed by atoms with van der Waals surface area (Å²) in [5, 5.41) is 3.97. The van der Waals surface area contributed by atoms with Gasteiger partial charge in [0.05, 0.1) is 16.9 Å². The van der Waals surface area contributed by atoms with Crippen LogP contribution in [-0.4, -0.2) is 48.1 Å². The van der Waals surface area contributed by atoms with E-state index in [2.05, 4.69) is 15.3 Å². The Bertz CT molecular complexity index is 960. The number of nitrogens with zero attached hydrogens (tertiary/aromatic N) is 3. The monoisotopic (exact) mass is 388 g/mol. The van der Waals surface area contributed by atoms with Crippen LogP contribution in [0.4, 0.5) is 10.2 Å². The van der Waals surface area contributed by atoms with E-state index in [0.29, 0.717) is 36.0 Å². The van der Waals surface area contributed by atoms with Gasteiger partial charge in [-0.3, -0.25) is 4.79 Å². The number of ether oxygens (including phenoxy) is 1. The summed E-state index contributed by atoms with van der Waals surface area (Å²) in [7, 11) is 3.35. The van der Waals surface area contributed by atoms with Crippen LogP contribution in [-0.2, 0) is 11.3 Å². The maximum atomic E-state index is 13.9. The van der Waals surface area contributed by atoms with Crippen molar-refractivity contribution in [2.75, 3.05) is 32.6 Å². The van der Waals surface area contributed by atoms with Crippen LogP contribution in [0.15, 0.2) is 30.6 Å². The number of likely N-dealkylation sites (N-methyl/N-ethyl adjacent to an activating group) is 1. The van der Waals surface area contributed by atoms with Crippen LogP contribution in [0.1, 0.15) is 20.8 Å². The quantitative estimate of drug-likeness (QED) is 0.671. The summed E-state index contributed by atoms with van der Waals surface area (Å²) in [6, 6.07) is 6.59. The van der Waals surface area contributed by atoms with Crippen molar-refractivity contribution in [1.82, 2.24) is 14.9 Å². The second-order valence-corrected chi connectivity index (χ2v) is 7.12. The molecule has 8 heteroatoms. The maximum absolute atomic E-state index is 13.9. The molecule has 0 unspecified atom stereocenters. The molecule has 142 valence electrons. The van der Waals surface area contributed by atoms with Crippen molar-refractivity contribution in [1.29, 1.82) is 0 Å². The van der Waals surface area contributed by atoms with Crippen molar-refractivity contribution in [2.45, 2.75) is 13.5 Å². The van der Waals surface area contributed by atoms with Gasteiger partial charge in [-0.1, -0.05) is 18.2 Å². The first-order chi connectivity index (χ1) is 13.0. The highest BCUT2D eigenvalue weighted by atomic mass is 32.1. The first kappa shape index (κ1) is 19.2. The van der Waals surface area contributed by atoms with Gasteiger partial charge in [-0.2, -0.15) is 0 Å². The summed E-state index contributed by atoms with van der Waals surface area (Å²) in [6.07, 6.45) is 1.45. The van der Waals surface area contributed by atoms with Crippen LogP contribution < -0.4 is 5.32 Å². The first-order valence-corrected chi connectivity index (χ1v) is 9.30. The average molecular weight is 388 g/mol. The fraction of sp³-hybridized carbons (Fsp3) is 0.316. The number of benzene rings is 1. The van der Waals surface area contributed by atoms with Gasteiger partial charge in [0.1, 0.15) is 22.8 Å². The topological polar surface area (TPSA) is 67.3 Å². The number of thiophene rings is 1. The molecule has 0 saturated carbocycles. The molecule has 1 N–H and O–H groups in total. The number of nitrogens with one attached hydrogen (secondary N) is 1. The number of carbonyl (C=O) groups is 1. The van der Waals surface area contributed by atoms with Crippen molar-refractivity contribution in [3.8, 4) is 0 Å². The lowest BCUT2D eigenvalue weighted by atomic mass is 10.1. The van der Waals surface area contributed by atoms with Gasteiger partial charge >= 0.3 is 0 Å². The number of hydrogen-bond acceptors (Lipinski definition) is 6. The van der Waals surface area contributed by atoms with Gasteiger partial charge < -0.3 is 15.0 Å². The Kier molecular flexibility index (Phi) is 5.98. The minimum absolute atomic E-state index is 0.0763. The minimum Gasteiger partial charge on any atom is -0.383 e. The molecule has 0 aliphatic heterocycles. The maximum Gasteiger partial charge on any atom is 0.264 e. The summed E-state index contributed by atoms with van der Waals surface area (Å²) in [5.41, 5.74) is 1.37. The highest BCUT2D eigenvalue weighted by molar-refractivity contribution is 7.20. The Morgan fingerprint density at radius 3 is 2.85 bits per heavy atom. The number of hydrogen-bond donors (Lipinski definition) is 1. The molecular weight excluding hydrogens is 367 g/mol. The smallest absolute Gasteiger partial charge is 0.264 e. The zero-order valence-corrected chi connectivity index (χ0v) is 16.3. The predicted molar refractivity (Wildman–Crippen MR) is 105 cm³/mol. The van der Waals surface area contributed by atoms with E-state index in [-0.39, 0.29) is 11.7 Å². The molecule has 0 atom stereocenters. The predicted octanol–water partition coefficient (Wildman–Crippen LogP) is 3.47. The lowest BCUT2D eigenvalue weighted by molar-refractivity contribution is 0.0748. The summed E-state index contributed by atoms with van der Waals surface area (Å²) >= 11 is 1.34. The lowest BCUT2D eigenvalue weighted by Crippen LogP contribution is -2.29. The third-order valence-corrected chi connectivity index (χ3v) is 5.49. The van der Waals surface area contributed by atoms with Crippen LogP contribution in [0.3, 0.4) is 0 Å². The second-order valence-electron chi connectivity index (χ2n) is 6.12. The summed E-state index contributed by atoms with van der Waals surface area (Å²) < 4.78 is 18.9. The van der Waals surface area contributed by atoms with E-state index >= 15 is 0 Å². The summed E-state index contributed by atoms with van der Waals surface area (Å²) in [4.78, 5) is 24.3. The van der Waals surface area contributed by atoms with Gasteiger partial charge in [0.15, 0.2) is 0 Å². The molecule has 0 spiro atoms. The van der Waals surface area contributed by atoms with E-state index in [1.54, 1.807) is 37.3 Å². The fourth-order valence-electron chi connectivity index (χ4n) is 2.73. The van der Waals surface area contributed by atoms with Crippen molar-refractivity contribution in [2.24, 2.45) is 0 Å². The molecule has 27 heavy (non-hydrogen) atoms. The lowest BCUT2D eigenvalue weighted by Gasteiger charge is -2.16. The summed E-state index contributed by atoms with van der Waals surface area (Å²) in [5.74, 6) is 0.246. The molecule has 0 aliphatic rings. The number of anilines is 1. The van der Waals surface area contributed by atoms with Gasteiger partial charge in [-0.25, -0.2) is 14.4 Å². The molecule has 0 saturated heterocycles. The number of amides is 1. The van der Waals surface area contributed by atoms with Crippen LogP contribution in [0.25, 0.3) is 10.2 Å². The molecule has 2 aromatic heterocycles. The molecule has 3 rings (SSSR count). The Labute approximate surface area is 161 Å². The number of methoxy groups -OCH3 is 1. The molecule has 0 aliphatic carbocycles. The molecule has 2 heterocycles. The Morgan fingerprint density at radius 2 is 2.11 bits per heavy atom. The van der Waals surface area contributed by atoms with Crippen molar-refractivity contribution >= 4 is 33.3 Å². The number of rotatable bonds is 7. The molecule has 1 amide bonds. The molecule has 3 aromatic rings. The van der Waals surface area contributed by atoms with Crippen LogP contribution in [0.2, 0.25) is 0 Å². The highest BCUT2D eigenvalue weighted by Crippen LogP contribution is 2.34. The molecule has 0 fully saturated rings. The summed E-state index contributed by atoms with van der Waals surface area (Å²) in [6.45, 7) is 3.16. The number of aromatic nitrogens is 2. The first-order valence-electron chi connectivity index (χ1n) is 8.48. The van der Waals surface area contributed by atoms with Gasteiger partial charge in [0.25, 0.3) is 5.91 Å². The Balaban J connectivity index is 1.88. The normalized spacial score (nSPS) is 11.0. The largest absolute Gasteiger partial charge is 0.383 e. The van der Waals surface area contributed by atoms with Gasteiger partial charge in [0, 0.05) is 32.8 Å². The number of aryl methyl sites for hydroxylation is 1. The number of fused-ring (bicyclic) bond motifs is 1. The van der Waals surface area contributed by atoms with Crippen molar-refractivity contribution < 1.29 is 13.9 Å². The van der Waals surface area contributed by atoms with Crippen LogP contribution >= 0.6 is 11.3 Å². The zero-order chi connectivity index (χ0) is 19.4. The molecular formula is C19H21FN4O2S. The second kappa shape index (κ2) is 8.41. The molecule has 1 aromatic carbocycles. The Hall–Kier alpha value is -2.58. The standard InChI is InChI=1S/C19H21FN4O2S/c1-12-15-17(21-10-13-6-4-5-7-14(13)20)22-11-23-18(15)27-16(12)19(25)24(2)8-9-26-3/h4-7,11H,8-10H2,1-3H3,(H,21,22,23). The van der Waals surface area contributed by atoms with Gasteiger partial charge in [-0.05, 0) is 18.6 Å². The van der Waals surface area contributed by atoms with E-state index < -0.39 is 0 Å². The van der Waals surface area contributed by atoms with E-state index in [1.807, 2.05) is 6.92 Å². The van der Waals surface area contributed by atoms with Crippen molar-refractivity contribution in [3.05, 3.63) is 52.4 Å². The van der Waals surface area contributed by atoms with Gasteiger partial charge in [-0.15, -0.1) is 11.3 Å². The van der Waals surface area contributed by atoms with Crippen LogP contribution in [0.5, 0.6) is 0 Å². The molecule has 0 bridgehead atoms. The molecule has 0 radical (unpaired) electrons. The van der Waals surface area contributed by atoms with E-state index in [4.69, 9.17) is 4.74 Å². The van der Waals surface area contributed by atoms with E-state index in [1.165, 1.54) is 23.7 Å². The third kappa shape index (κ3) is 4.06. The van der Waals surface area contributed by atoms with E-state index in [9.17, 15) is 9.18 Å². The van der Waals surface area contributed by atoms with Crippen molar-refractivity contribution in [3.63, 3.8) is 0 Å². The Morgan fingerprint density at radius 1 is 1.33 bits per heavy atom.